The third-order valence-corrected chi connectivity index (χ3v) is 6.97. The number of primary amides is 2. The Kier molecular flexibility index (Phi) is 18.5. The van der Waals surface area contributed by atoms with Crippen LogP contribution in [0.5, 0.6) is 0 Å². The number of ether oxygens (including phenoxy) is 2. The van der Waals surface area contributed by atoms with Crippen LogP contribution in [0.15, 0.2) is 48.6 Å². The van der Waals surface area contributed by atoms with Crippen molar-refractivity contribution < 1.29 is 71.1 Å². The number of rotatable bonds is 6. The van der Waals surface area contributed by atoms with Gasteiger partial charge in [-0.05, 0) is 12.5 Å². The summed E-state index contributed by atoms with van der Waals surface area (Å²) >= 11 is 2.89. The number of allylic oxidation sites excluding steroid dienone is 1. The molecule has 18 nitrogen and oxygen atoms in total. The van der Waals surface area contributed by atoms with Gasteiger partial charge in [0.25, 0.3) is 12.1 Å². The standard InChI is InChI=1S/C11H16N2O5.C11H14N2O5.2Na.O4S2/c2*12-10(17)6-2-1-3-13(4-6)11-9(16)8(15)7(5-14)18-11;;;1-5(2)6(3)4/h1,3-4,7-9,11,14-16H,2,5H2,(H2,12,17);1-4,7-9,11,14-16H,5H2,(H-,12,17);;;/p+1/t2*7-,8+,9?,11-;;;/m11.../s1. The number of hydrogen-bond acceptors (Lipinski definition) is 15. The molecule has 1 aromatic rings. The number of nitrogens with two attached hydrogens (primary N) is 2. The van der Waals surface area contributed by atoms with Crippen LogP contribution in [0.1, 0.15) is 23.0 Å². The van der Waals surface area contributed by atoms with Crippen molar-refractivity contribution in [3.63, 3.8) is 0 Å². The molecule has 8 atom stereocenters. The second kappa shape index (κ2) is 20.0. The van der Waals surface area contributed by atoms with Crippen LogP contribution < -0.4 is 16.0 Å². The first-order valence-corrected chi connectivity index (χ1v) is 23.6. The zero-order valence-corrected chi connectivity index (χ0v) is 29.2. The van der Waals surface area contributed by atoms with Gasteiger partial charge in [0.05, 0.1) is 13.2 Å². The number of aromatic nitrogens is 1. The summed E-state index contributed by atoms with van der Waals surface area (Å²) in [6.07, 6.45) is 0.122. The molecule has 0 saturated carbocycles. The summed E-state index contributed by atoms with van der Waals surface area (Å²) in [5.41, 5.74) is 11.0. The van der Waals surface area contributed by atoms with E-state index in [1.54, 1.807) is 24.5 Å². The number of pyridine rings is 1. The average Bonchev–Trinajstić information content (AvgIpc) is 3.48. The van der Waals surface area contributed by atoms with Crippen LogP contribution in [0.3, 0.4) is 0 Å². The molecule has 0 radical (unpaired) electrons. The molecule has 2 fully saturated rings. The van der Waals surface area contributed by atoms with E-state index in [2.05, 4.69) is 0 Å². The Morgan fingerprint density at radius 1 is 0.909 bits per heavy atom. The SMILES string of the molecule is NC(=O)C1=CN([C@@H]2O[C@H](CO)[C@H](O)C2O)C=CC1.NC(=O)c1ccc[n+]([C@@H]2O[C@H](CO)[C@H](O)C2O)c1.O=S(=O)=S(=O)=O.[Na][Na]. The van der Waals surface area contributed by atoms with Crippen molar-refractivity contribution in [1.29, 1.82) is 0 Å². The second-order valence-corrected chi connectivity index (χ2v) is 11.3. The van der Waals surface area contributed by atoms with Crippen LogP contribution >= 0.6 is 0 Å². The van der Waals surface area contributed by atoms with Crippen LogP contribution in [0, 0.1) is 0 Å². The second-order valence-electron chi connectivity index (χ2n) is 8.82. The van der Waals surface area contributed by atoms with Crippen LogP contribution in [-0.2, 0) is 32.8 Å². The maximum absolute atomic E-state index is 11.1. The number of carbonyl (C=O) groups excluding carboxylic acids is 2. The van der Waals surface area contributed by atoms with E-state index in [1.165, 1.54) is 71.5 Å². The summed E-state index contributed by atoms with van der Waals surface area (Å²) in [6, 6.07) is 3.11. The molecule has 2 amide bonds. The number of amides is 2. The van der Waals surface area contributed by atoms with Crippen molar-refractivity contribution in [3.8, 4) is 0 Å². The number of hydrogen-bond donors (Lipinski definition) is 8. The minimum absolute atomic E-state index is 0.259. The summed E-state index contributed by atoms with van der Waals surface area (Å²) in [4.78, 5) is 23.6. The quantitative estimate of drug-likeness (QED) is 0.102. The monoisotopic (exact) mass is 685 g/mol. The Morgan fingerprint density at radius 3 is 1.91 bits per heavy atom. The summed E-state index contributed by atoms with van der Waals surface area (Å²) < 4.78 is 48.4. The topological polar surface area (TPSA) is 301 Å². The summed E-state index contributed by atoms with van der Waals surface area (Å²) in [5, 5.41) is 56.9. The Bertz CT molecular complexity index is 1400. The normalized spacial score (nSPS) is 28.7. The van der Waals surface area contributed by atoms with Crippen molar-refractivity contribution in [1.82, 2.24) is 4.90 Å². The van der Waals surface area contributed by atoms with E-state index in [0.717, 1.165) is 0 Å². The van der Waals surface area contributed by atoms with Gasteiger partial charge in [-0.1, -0.05) is 6.08 Å². The molecule has 10 N–H and O–H groups in total. The number of nitrogens with zero attached hydrogens (tertiary/aromatic N) is 2. The Balaban J connectivity index is 0.000000356. The van der Waals surface area contributed by atoms with Crippen molar-refractivity contribution in [3.05, 3.63) is 54.1 Å². The average molecular weight is 686 g/mol. The first-order chi connectivity index (χ1) is 20.7. The molecule has 0 aliphatic carbocycles. The fraction of sp³-hybridized carbons (Fsp3) is 0.500. The van der Waals surface area contributed by atoms with Gasteiger partial charge in [0.15, 0.2) is 24.7 Å². The first-order valence-electron chi connectivity index (χ1n) is 12.9. The molecule has 2 saturated heterocycles. The Hall–Kier alpha value is -1.31. The van der Waals surface area contributed by atoms with Gasteiger partial charge in [-0.15, -0.1) is 0 Å². The van der Waals surface area contributed by atoms with E-state index in [4.69, 9.17) is 48.0 Å². The molecule has 4 heterocycles. The van der Waals surface area contributed by atoms with Crippen molar-refractivity contribution in [2.75, 3.05) is 13.2 Å². The van der Waals surface area contributed by atoms with Gasteiger partial charge in [0, 0.05) is 24.0 Å². The van der Waals surface area contributed by atoms with Gasteiger partial charge in [-0.25, -0.2) is 0 Å². The number of aliphatic hydroxyl groups excluding tert-OH is 6. The van der Waals surface area contributed by atoms with Gasteiger partial charge >= 0.3 is 62.1 Å². The van der Waals surface area contributed by atoms with Crippen LogP contribution in [-0.4, -0.2) is 164 Å². The van der Waals surface area contributed by atoms with E-state index >= 15 is 0 Å². The van der Waals surface area contributed by atoms with Gasteiger partial charge in [0.2, 0.25) is 5.91 Å². The molecule has 44 heavy (non-hydrogen) atoms. The molecule has 1 aromatic heterocycles. The predicted molar refractivity (Wildman–Crippen MR) is 148 cm³/mol. The molecule has 3 aliphatic heterocycles. The fourth-order valence-electron chi connectivity index (χ4n) is 3.95. The molecule has 4 rings (SSSR count). The predicted octanol–water partition coefficient (Wildman–Crippen LogP) is -6.40. The van der Waals surface area contributed by atoms with Crippen molar-refractivity contribution >= 4 is 74.0 Å². The summed E-state index contributed by atoms with van der Waals surface area (Å²) in [6.45, 7) is -0.788. The van der Waals surface area contributed by atoms with E-state index in [1.807, 2.05) is 0 Å². The van der Waals surface area contributed by atoms with Gasteiger partial charge in [-0.3, -0.25) is 9.59 Å². The van der Waals surface area contributed by atoms with Crippen molar-refractivity contribution in [2.24, 2.45) is 11.5 Å². The van der Waals surface area contributed by atoms with Crippen LogP contribution in [0.2, 0.25) is 0 Å². The minimum atomic E-state index is -2.95. The Morgan fingerprint density at radius 2 is 1.45 bits per heavy atom. The molecule has 22 heteroatoms. The number of carbonyl (C=O) groups is 2. The third kappa shape index (κ3) is 11.5. The van der Waals surface area contributed by atoms with Crippen LogP contribution in [0.25, 0.3) is 0 Å². The fourth-order valence-corrected chi connectivity index (χ4v) is 3.95. The Labute approximate surface area is 282 Å². The van der Waals surface area contributed by atoms with Gasteiger partial charge in [-0.2, -0.15) is 21.4 Å². The summed E-state index contributed by atoms with van der Waals surface area (Å²) in [5.74, 6) is -1.15. The van der Waals surface area contributed by atoms with E-state index in [0.29, 0.717) is 12.0 Å². The van der Waals surface area contributed by atoms with E-state index < -0.39 is 92.6 Å². The summed E-state index contributed by atoms with van der Waals surface area (Å²) in [7, 11) is -5.90. The molecular formula is C22H31N4Na2O14S2+. The third-order valence-electron chi connectivity index (χ3n) is 6.08. The molecule has 0 aromatic carbocycles. The van der Waals surface area contributed by atoms with E-state index in [9.17, 15) is 30.0 Å². The van der Waals surface area contributed by atoms with Gasteiger partial charge in [0.1, 0.15) is 36.1 Å². The molecule has 0 spiro atoms. The van der Waals surface area contributed by atoms with Crippen LogP contribution in [0.4, 0.5) is 0 Å². The molecular weight excluding hydrogens is 654 g/mol. The molecule has 0 bridgehead atoms. The zero-order valence-electron chi connectivity index (χ0n) is 23.6. The van der Waals surface area contributed by atoms with E-state index in [-0.39, 0.29) is 5.56 Å². The van der Waals surface area contributed by atoms with Gasteiger partial charge < -0.3 is 56.5 Å². The molecule has 236 valence electrons. The maximum atomic E-state index is 11.1. The molecule has 3 aliphatic rings. The number of aliphatic hydroxyl groups is 6. The zero-order chi connectivity index (χ0) is 33.7. The van der Waals surface area contributed by atoms with Crippen molar-refractivity contribution in [2.45, 2.75) is 55.5 Å². The molecule has 2 unspecified atom stereocenters. The first kappa shape index (κ1) is 40.7.